The molecule has 0 bridgehead atoms. The molecule has 0 saturated carbocycles. The van der Waals surface area contributed by atoms with Crippen LogP contribution in [-0.4, -0.2) is 25.7 Å². The van der Waals surface area contributed by atoms with Gasteiger partial charge in [-0.05, 0) is 36.6 Å². The number of anilines is 1. The van der Waals surface area contributed by atoms with Gasteiger partial charge in [-0.3, -0.25) is 9.52 Å². The quantitative estimate of drug-likeness (QED) is 0.488. The third kappa shape index (κ3) is 3.97. The largest absolute Gasteiger partial charge is 0.505 e. The van der Waals surface area contributed by atoms with E-state index in [2.05, 4.69) is 15.0 Å². The molecule has 0 heterocycles. The summed E-state index contributed by atoms with van der Waals surface area (Å²) < 4.78 is 25.7. The molecule has 3 rings (SSSR count). The number of nitrogens with one attached hydrogen (secondary N) is 1. The van der Waals surface area contributed by atoms with Gasteiger partial charge >= 0.3 is 0 Å². The lowest BCUT2D eigenvalue weighted by Gasteiger charge is -2.19. The Labute approximate surface area is 151 Å². The number of phenols is 1. The number of sulfonamides is 1. The maximum absolute atomic E-state index is 12.1. The number of azo groups is 1. The Morgan fingerprint density at radius 3 is 2.42 bits per heavy atom. The third-order valence-corrected chi connectivity index (χ3v) is 4.46. The summed E-state index contributed by atoms with van der Waals surface area (Å²) in [6.07, 6.45) is 5.75. The van der Waals surface area contributed by atoms with Crippen LogP contribution < -0.4 is 4.72 Å². The smallest absolute Gasteiger partial charge is 0.295 e. The molecule has 134 valence electrons. The summed E-state index contributed by atoms with van der Waals surface area (Å²) in [5, 5.41) is 18.0. The first kappa shape index (κ1) is 17.8. The van der Waals surface area contributed by atoms with E-state index in [0.717, 1.165) is 6.26 Å². The van der Waals surface area contributed by atoms with Gasteiger partial charge in [-0.2, -0.15) is 0 Å². The molecule has 2 N–H and O–H groups in total. The van der Waals surface area contributed by atoms with Crippen molar-refractivity contribution in [2.24, 2.45) is 10.2 Å². The average molecular weight is 371 g/mol. The highest BCUT2D eigenvalue weighted by molar-refractivity contribution is 7.92. The normalized spacial score (nSPS) is 13.6. The van der Waals surface area contributed by atoms with Crippen molar-refractivity contribution in [3.8, 4) is 5.75 Å². The summed E-state index contributed by atoms with van der Waals surface area (Å²) in [5.74, 6) is -0.659. The van der Waals surface area contributed by atoms with Gasteiger partial charge in [0.2, 0.25) is 10.0 Å². The van der Waals surface area contributed by atoms with Crippen molar-refractivity contribution in [1.82, 2.24) is 0 Å². The zero-order chi connectivity index (χ0) is 18.7. The number of hydrogen-bond acceptors (Lipinski definition) is 5. The summed E-state index contributed by atoms with van der Waals surface area (Å²) in [4.78, 5) is 12.1. The van der Waals surface area contributed by atoms with Crippen LogP contribution in [0.4, 0.5) is 11.4 Å². The highest BCUT2D eigenvalue weighted by Gasteiger charge is 2.20. The zero-order valence-electron chi connectivity index (χ0n) is 14.0. The maximum atomic E-state index is 12.1. The Kier molecular flexibility index (Phi) is 4.85. The van der Waals surface area contributed by atoms with Crippen LogP contribution >= 0.6 is 0 Å². The Balaban J connectivity index is 2.01. The van der Waals surface area contributed by atoms with Gasteiger partial charge in [0.1, 0.15) is 11.4 Å². The standard InChI is InChI=1S/C18H17N3O4S/c1-26(24,25)21-15-11-16(17(22)14-10-6-5-9-13(14)15)19-20-18(23)12-7-3-2-4-8-12/h2-8,11,21-22H,9-10H2,1H3. The summed E-state index contributed by atoms with van der Waals surface area (Å²) in [5.41, 5.74) is 1.98. The fourth-order valence-corrected chi connectivity index (χ4v) is 3.29. The lowest BCUT2D eigenvalue weighted by molar-refractivity contribution is 0.0995. The van der Waals surface area contributed by atoms with E-state index >= 15 is 0 Å². The number of aromatic hydroxyl groups is 1. The van der Waals surface area contributed by atoms with E-state index in [-0.39, 0.29) is 11.4 Å². The van der Waals surface area contributed by atoms with Crippen molar-refractivity contribution in [1.29, 1.82) is 0 Å². The van der Waals surface area contributed by atoms with Crippen LogP contribution in [0.1, 0.15) is 21.5 Å². The van der Waals surface area contributed by atoms with Crippen LogP contribution in [-0.2, 0) is 22.9 Å². The van der Waals surface area contributed by atoms with E-state index in [0.29, 0.717) is 35.2 Å². The number of benzene rings is 2. The molecule has 0 radical (unpaired) electrons. The van der Waals surface area contributed by atoms with Gasteiger partial charge < -0.3 is 5.11 Å². The number of carbonyl (C=O) groups is 1. The number of carbonyl (C=O) groups excluding carboxylic acids is 1. The minimum Gasteiger partial charge on any atom is -0.505 e. The number of allylic oxidation sites excluding steroid dienone is 2. The summed E-state index contributed by atoms with van der Waals surface area (Å²) >= 11 is 0. The van der Waals surface area contributed by atoms with Crippen LogP contribution in [0.25, 0.3) is 0 Å². The Morgan fingerprint density at radius 1 is 1.12 bits per heavy atom. The molecule has 0 fully saturated rings. The van der Waals surface area contributed by atoms with E-state index in [1.807, 2.05) is 12.2 Å². The van der Waals surface area contributed by atoms with Crippen LogP contribution in [0, 0.1) is 0 Å². The van der Waals surface area contributed by atoms with Gasteiger partial charge in [0.25, 0.3) is 5.91 Å². The maximum Gasteiger partial charge on any atom is 0.295 e. The van der Waals surface area contributed by atoms with E-state index in [1.54, 1.807) is 30.3 Å². The van der Waals surface area contributed by atoms with Crippen molar-refractivity contribution >= 4 is 27.3 Å². The fourth-order valence-electron chi connectivity index (χ4n) is 2.71. The molecule has 2 aromatic rings. The van der Waals surface area contributed by atoms with E-state index in [9.17, 15) is 18.3 Å². The van der Waals surface area contributed by atoms with Crippen molar-refractivity contribution in [2.75, 3.05) is 11.0 Å². The molecule has 0 aliphatic heterocycles. The average Bonchev–Trinajstić information content (AvgIpc) is 2.62. The molecule has 8 heteroatoms. The van der Waals surface area contributed by atoms with Gasteiger partial charge in [0.15, 0.2) is 0 Å². The molecule has 0 aromatic heterocycles. The van der Waals surface area contributed by atoms with E-state index in [1.165, 1.54) is 6.07 Å². The number of phenolic OH excluding ortho intramolecular Hbond substituents is 1. The molecule has 0 atom stereocenters. The first-order chi connectivity index (χ1) is 12.3. The fraction of sp³-hybridized carbons (Fsp3) is 0.167. The minimum atomic E-state index is -3.51. The first-order valence-electron chi connectivity index (χ1n) is 7.87. The van der Waals surface area contributed by atoms with Gasteiger partial charge in [-0.1, -0.05) is 30.4 Å². The molecule has 2 aromatic carbocycles. The third-order valence-electron chi connectivity index (χ3n) is 3.87. The highest BCUT2D eigenvalue weighted by atomic mass is 32.2. The zero-order valence-corrected chi connectivity index (χ0v) is 14.8. The van der Waals surface area contributed by atoms with Gasteiger partial charge in [-0.15, -0.1) is 10.2 Å². The second-order valence-electron chi connectivity index (χ2n) is 5.87. The molecule has 26 heavy (non-hydrogen) atoms. The summed E-state index contributed by atoms with van der Waals surface area (Å²) in [7, 11) is -3.51. The molecule has 0 spiro atoms. The molecular weight excluding hydrogens is 354 g/mol. The van der Waals surface area contributed by atoms with Gasteiger partial charge in [-0.25, -0.2) is 8.42 Å². The monoisotopic (exact) mass is 371 g/mol. The molecule has 1 aliphatic rings. The van der Waals surface area contributed by atoms with E-state index in [4.69, 9.17) is 0 Å². The molecule has 1 amide bonds. The number of hydrogen-bond donors (Lipinski definition) is 2. The second-order valence-corrected chi connectivity index (χ2v) is 7.62. The van der Waals surface area contributed by atoms with Crippen LogP contribution in [0.3, 0.4) is 0 Å². The Hall–Kier alpha value is -3.00. The predicted octanol–water partition coefficient (Wildman–Crippen LogP) is 3.34. The van der Waals surface area contributed by atoms with Crippen LogP contribution in [0.5, 0.6) is 5.75 Å². The number of fused-ring (bicyclic) bond motifs is 1. The predicted molar refractivity (Wildman–Crippen MR) is 98.4 cm³/mol. The van der Waals surface area contributed by atoms with E-state index < -0.39 is 15.9 Å². The van der Waals surface area contributed by atoms with Crippen molar-refractivity contribution in [2.45, 2.75) is 12.8 Å². The van der Waals surface area contributed by atoms with Crippen molar-refractivity contribution in [3.63, 3.8) is 0 Å². The Bertz CT molecular complexity index is 1010. The molecule has 0 unspecified atom stereocenters. The SMILES string of the molecule is CS(=O)(=O)Nc1cc(N=NC(=O)c2ccccc2)c(O)c2c1CC=CC2. The summed E-state index contributed by atoms with van der Waals surface area (Å²) in [6.45, 7) is 0. The topological polar surface area (TPSA) is 108 Å². The molecular formula is C18H17N3O4S. The number of rotatable bonds is 4. The van der Waals surface area contributed by atoms with Crippen LogP contribution in [0.15, 0.2) is 58.8 Å². The lowest BCUT2D eigenvalue weighted by atomic mass is 9.93. The number of nitrogens with zero attached hydrogens (tertiary/aromatic N) is 2. The first-order valence-corrected chi connectivity index (χ1v) is 9.76. The highest BCUT2D eigenvalue weighted by Crippen LogP contribution is 2.40. The Morgan fingerprint density at radius 2 is 1.77 bits per heavy atom. The lowest BCUT2D eigenvalue weighted by Crippen LogP contribution is -2.13. The molecule has 0 saturated heterocycles. The van der Waals surface area contributed by atoms with Gasteiger partial charge in [0.05, 0.1) is 11.9 Å². The van der Waals surface area contributed by atoms with Crippen molar-refractivity contribution in [3.05, 3.63) is 65.2 Å². The van der Waals surface area contributed by atoms with Gasteiger partial charge in [0, 0.05) is 11.1 Å². The minimum absolute atomic E-state index is 0.0366. The van der Waals surface area contributed by atoms with Crippen molar-refractivity contribution < 1.29 is 18.3 Å². The molecule has 1 aliphatic carbocycles. The molecule has 7 nitrogen and oxygen atoms in total. The number of amides is 1. The van der Waals surface area contributed by atoms with Crippen LogP contribution in [0.2, 0.25) is 0 Å². The summed E-state index contributed by atoms with van der Waals surface area (Å²) in [6, 6.07) is 9.79. The second kappa shape index (κ2) is 7.09.